The van der Waals surface area contributed by atoms with Crippen LogP contribution in [-0.4, -0.2) is 68.2 Å². The molecule has 3 atom stereocenters. The zero-order valence-electron chi connectivity index (χ0n) is 21.0. The molecule has 2 aliphatic heterocycles. The molecule has 4 heterocycles. The summed E-state index contributed by atoms with van der Waals surface area (Å²) in [7, 11) is 0. The Balaban J connectivity index is 1.52. The first-order valence-electron chi connectivity index (χ1n) is 12.9. The Kier molecular flexibility index (Phi) is 7.53. The second-order valence-electron chi connectivity index (χ2n) is 10.4. The topological polar surface area (TPSA) is 107 Å². The number of thiazole rings is 1. The predicted molar refractivity (Wildman–Crippen MR) is 133 cm³/mol. The van der Waals surface area contributed by atoms with Crippen molar-refractivity contribution in [1.29, 1.82) is 0 Å². The fraction of sp³-hybridized carbons (Fsp3) is 0.600. The van der Waals surface area contributed by atoms with E-state index >= 15 is 0 Å². The van der Waals surface area contributed by atoms with Gasteiger partial charge in [0, 0.05) is 35.4 Å². The lowest BCUT2D eigenvalue weighted by molar-refractivity contribution is -0.138. The molecule has 0 radical (unpaired) electrons. The van der Waals surface area contributed by atoms with Crippen LogP contribution in [-0.2, 0) is 0 Å². The van der Waals surface area contributed by atoms with E-state index in [-0.39, 0.29) is 39.3 Å². The number of carbonyl (C=O) groups is 2. The quantitative estimate of drug-likeness (QED) is 0.406. The van der Waals surface area contributed by atoms with E-state index in [9.17, 15) is 36.6 Å². The van der Waals surface area contributed by atoms with Crippen molar-refractivity contribution in [2.75, 3.05) is 5.32 Å². The Morgan fingerprint density at radius 1 is 1.13 bits per heavy atom. The zero-order valence-corrected chi connectivity index (χ0v) is 21.8. The number of fused-ring (bicyclic) bond motifs is 2. The molecule has 2 bridgehead atoms. The molecular weight excluding hydrogens is 545 g/mol. The number of anilines is 1. The number of aliphatic hydroxyl groups excluding tert-OH is 1. The number of pyridine rings is 1. The molecule has 1 saturated carbocycles. The van der Waals surface area contributed by atoms with E-state index in [2.05, 4.69) is 20.6 Å². The number of aliphatic hydroxyl groups is 1. The van der Waals surface area contributed by atoms with Gasteiger partial charge in [-0.15, -0.1) is 11.3 Å². The van der Waals surface area contributed by atoms with Crippen LogP contribution in [0.1, 0.15) is 84.1 Å². The standard InChI is InChI=1S/C25H28F5N5O3S/c1-11(25(28,29)30)32-18-9-16(21(26)27)17(10-31-18)20-19(24(38)35-13-3-4-14(35)6-5-13)34-23(39-20)22(37)33-12-2-7-15(36)8-12/h9-15,21,36H,2-8H2,1H3,(H,31,32)(H,33,37)/t11-,12+,13-,14-,15+/m0/s1. The van der Waals surface area contributed by atoms with Crippen molar-refractivity contribution in [1.82, 2.24) is 20.2 Å². The fourth-order valence-corrected chi connectivity index (χ4v) is 6.66. The first-order chi connectivity index (χ1) is 18.4. The van der Waals surface area contributed by atoms with Crippen LogP contribution in [0.15, 0.2) is 12.3 Å². The number of nitrogens with zero attached hydrogens (tertiary/aromatic N) is 3. The van der Waals surface area contributed by atoms with Gasteiger partial charge >= 0.3 is 6.18 Å². The Bertz CT molecular complexity index is 1240. The summed E-state index contributed by atoms with van der Waals surface area (Å²) < 4.78 is 67.4. The fourth-order valence-electron chi connectivity index (χ4n) is 5.67. The van der Waals surface area contributed by atoms with Crippen LogP contribution < -0.4 is 10.6 Å². The molecule has 0 unspecified atom stereocenters. The van der Waals surface area contributed by atoms with Gasteiger partial charge < -0.3 is 20.6 Å². The maximum absolute atomic E-state index is 14.2. The van der Waals surface area contributed by atoms with E-state index < -0.39 is 47.9 Å². The normalized spacial score (nSPS) is 25.4. The first kappa shape index (κ1) is 27.7. The van der Waals surface area contributed by atoms with Crippen molar-refractivity contribution >= 4 is 29.0 Å². The van der Waals surface area contributed by atoms with Crippen LogP contribution in [0, 0.1) is 0 Å². The summed E-state index contributed by atoms with van der Waals surface area (Å²) in [5, 5.41) is 14.5. The van der Waals surface area contributed by atoms with E-state index in [1.165, 1.54) is 0 Å². The van der Waals surface area contributed by atoms with Gasteiger partial charge in [-0.3, -0.25) is 9.59 Å². The number of alkyl halides is 5. The van der Waals surface area contributed by atoms with Gasteiger partial charge in [-0.25, -0.2) is 18.7 Å². The Hall–Kier alpha value is -2.87. The molecule has 1 aliphatic carbocycles. The van der Waals surface area contributed by atoms with Gasteiger partial charge in [0.2, 0.25) is 0 Å². The van der Waals surface area contributed by atoms with Crippen LogP contribution in [0.2, 0.25) is 0 Å². The Morgan fingerprint density at radius 2 is 1.79 bits per heavy atom. The van der Waals surface area contributed by atoms with Crippen molar-refractivity contribution in [3.05, 3.63) is 28.5 Å². The van der Waals surface area contributed by atoms with Gasteiger partial charge in [0.15, 0.2) is 5.01 Å². The predicted octanol–water partition coefficient (Wildman–Crippen LogP) is 4.92. The van der Waals surface area contributed by atoms with Crippen LogP contribution in [0.3, 0.4) is 0 Å². The summed E-state index contributed by atoms with van der Waals surface area (Å²) in [5.41, 5.74) is -0.948. The van der Waals surface area contributed by atoms with E-state index in [1.807, 2.05) is 0 Å². The molecular formula is C25H28F5N5O3S. The highest BCUT2D eigenvalue weighted by Crippen LogP contribution is 2.42. The second-order valence-corrected chi connectivity index (χ2v) is 11.4. The molecule has 2 aromatic rings. The molecule has 3 N–H and O–H groups in total. The summed E-state index contributed by atoms with van der Waals surface area (Å²) in [6.07, 6.45) is -2.47. The third kappa shape index (κ3) is 5.58. The number of amides is 2. The highest BCUT2D eigenvalue weighted by atomic mass is 32.1. The summed E-state index contributed by atoms with van der Waals surface area (Å²) >= 11 is 0.764. The Labute approximate surface area is 225 Å². The smallest absolute Gasteiger partial charge is 0.393 e. The molecule has 2 amide bonds. The summed E-state index contributed by atoms with van der Waals surface area (Å²) in [6, 6.07) is -1.46. The minimum Gasteiger partial charge on any atom is -0.393 e. The van der Waals surface area contributed by atoms with Crippen LogP contribution in [0.4, 0.5) is 27.8 Å². The van der Waals surface area contributed by atoms with E-state index in [1.54, 1.807) is 4.90 Å². The summed E-state index contributed by atoms with van der Waals surface area (Å²) in [4.78, 5) is 36.7. The number of nitrogens with one attached hydrogen (secondary N) is 2. The van der Waals surface area contributed by atoms with Crippen molar-refractivity contribution in [3.8, 4) is 10.4 Å². The number of halogens is 5. The molecule has 3 fully saturated rings. The first-order valence-corrected chi connectivity index (χ1v) is 13.7. The lowest BCUT2D eigenvalue weighted by Crippen LogP contribution is -2.36. The SMILES string of the molecule is C[C@H](Nc1cc(C(F)F)c(-c2sc(C(=O)N[C@@H]3CC[C@@H](O)C3)nc2C(=O)N2[C@H]3CC[C@H]2CC3)cn1)C(F)(F)F. The van der Waals surface area contributed by atoms with Gasteiger partial charge in [-0.2, -0.15) is 13.2 Å². The highest BCUT2D eigenvalue weighted by molar-refractivity contribution is 7.17. The Morgan fingerprint density at radius 3 is 2.36 bits per heavy atom. The molecule has 8 nitrogen and oxygen atoms in total. The van der Waals surface area contributed by atoms with Crippen molar-refractivity contribution in [2.45, 2.75) is 94.7 Å². The van der Waals surface area contributed by atoms with Gasteiger partial charge in [0.1, 0.15) is 17.6 Å². The molecule has 3 aliphatic rings. The van der Waals surface area contributed by atoms with Crippen LogP contribution >= 0.6 is 11.3 Å². The molecule has 0 spiro atoms. The summed E-state index contributed by atoms with van der Waals surface area (Å²) in [6.45, 7) is 0.843. The molecule has 39 heavy (non-hydrogen) atoms. The third-order valence-electron chi connectivity index (χ3n) is 7.72. The van der Waals surface area contributed by atoms with Crippen molar-refractivity contribution < 1.29 is 36.6 Å². The van der Waals surface area contributed by atoms with Crippen LogP contribution in [0.5, 0.6) is 0 Å². The molecule has 212 valence electrons. The number of aromatic nitrogens is 2. The third-order valence-corrected chi connectivity index (χ3v) is 8.81. The monoisotopic (exact) mass is 573 g/mol. The maximum atomic E-state index is 14.2. The largest absolute Gasteiger partial charge is 0.408 e. The number of rotatable bonds is 7. The second kappa shape index (κ2) is 10.6. The van der Waals surface area contributed by atoms with Crippen LogP contribution in [0.25, 0.3) is 10.4 Å². The van der Waals surface area contributed by atoms with E-state index in [0.717, 1.165) is 56.2 Å². The molecule has 14 heteroatoms. The highest BCUT2D eigenvalue weighted by Gasteiger charge is 2.44. The minimum absolute atomic E-state index is 0.0115. The number of hydrogen-bond donors (Lipinski definition) is 3. The van der Waals surface area contributed by atoms with Gasteiger partial charge in [0.25, 0.3) is 18.2 Å². The van der Waals surface area contributed by atoms with E-state index in [4.69, 9.17) is 0 Å². The summed E-state index contributed by atoms with van der Waals surface area (Å²) in [5.74, 6) is -1.45. The maximum Gasteiger partial charge on any atom is 0.408 e. The lowest BCUT2D eigenvalue weighted by atomic mass is 10.0. The number of hydrogen-bond acceptors (Lipinski definition) is 7. The van der Waals surface area contributed by atoms with Crippen molar-refractivity contribution in [2.24, 2.45) is 0 Å². The van der Waals surface area contributed by atoms with Gasteiger partial charge in [-0.1, -0.05) is 0 Å². The molecule has 0 aromatic carbocycles. The van der Waals surface area contributed by atoms with Gasteiger partial charge in [0.05, 0.1) is 11.0 Å². The zero-order chi connectivity index (χ0) is 28.1. The van der Waals surface area contributed by atoms with Gasteiger partial charge in [-0.05, 0) is 57.9 Å². The minimum atomic E-state index is -4.62. The molecule has 2 saturated heterocycles. The molecule has 5 rings (SSSR count). The number of carbonyl (C=O) groups excluding carboxylic acids is 2. The van der Waals surface area contributed by atoms with Crippen molar-refractivity contribution in [3.63, 3.8) is 0 Å². The lowest BCUT2D eigenvalue weighted by Gasteiger charge is -2.22. The average molecular weight is 574 g/mol. The average Bonchev–Trinajstić information content (AvgIpc) is 3.67. The van der Waals surface area contributed by atoms with E-state index in [0.29, 0.717) is 19.3 Å². The molecule has 2 aromatic heterocycles.